The quantitative estimate of drug-likeness (QED) is 0.906. The topological polar surface area (TPSA) is 42.2 Å². The Morgan fingerprint density at radius 3 is 2.84 bits per heavy atom. The van der Waals surface area contributed by atoms with Gasteiger partial charge in [0.15, 0.2) is 0 Å². The summed E-state index contributed by atoms with van der Waals surface area (Å²) in [6.45, 7) is 8.77. The van der Waals surface area contributed by atoms with Crippen LogP contribution in [0.15, 0.2) is 24.4 Å². The first-order chi connectivity index (χ1) is 9.04. The summed E-state index contributed by atoms with van der Waals surface area (Å²) < 4.78 is 0. The van der Waals surface area contributed by atoms with Crippen LogP contribution in [0.2, 0.25) is 0 Å². The molecule has 0 saturated heterocycles. The van der Waals surface area contributed by atoms with Crippen LogP contribution in [-0.2, 0) is 6.54 Å². The van der Waals surface area contributed by atoms with Crippen molar-refractivity contribution in [2.45, 2.75) is 58.7 Å². The van der Waals surface area contributed by atoms with Crippen LogP contribution in [0.25, 0.3) is 0 Å². The second-order valence-corrected chi connectivity index (χ2v) is 6.36. The predicted octanol–water partition coefficient (Wildman–Crippen LogP) is 2.81. The molecular weight excluding hydrogens is 234 g/mol. The minimum absolute atomic E-state index is 0.250. The molecule has 2 N–H and O–H groups in total. The number of nitrogens with zero attached hydrogens (tertiary/aromatic N) is 2. The number of hydrogen-bond acceptors (Lipinski definition) is 3. The maximum atomic E-state index is 6.52. The fourth-order valence-electron chi connectivity index (χ4n) is 3.21. The average molecular weight is 261 g/mol. The minimum atomic E-state index is 0.250. The summed E-state index contributed by atoms with van der Waals surface area (Å²) >= 11 is 0. The van der Waals surface area contributed by atoms with Crippen molar-refractivity contribution in [1.82, 2.24) is 9.88 Å². The Morgan fingerprint density at radius 1 is 1.42 bits per heavy atom. The van der Waals surface area contributed by atoms with E-state index in [1.54, 1.807) is 0 Å². The van der Waals surface area contributed by atoms with E-state index in [1.165, 1.54) is 19.3 Å². The number of hydrogen-bond donors (Lipinski definition) is 1. The van der Waals surface area contributed by atoms with Gasteiger partial charge in [-0.15, -0.1) is 0 Å². The van der Waals surface area contributed by atoms with Crippen molar-refractivity contribution in [1.29, 1.82) is 0 Å². The second kappa shape index (κ2) is 6.02. The highest BCUT2D eigenvalue weighted by atomic mass is 15.2. The van der Waals surface area contributed by atoms with Crippen molar-refractivity contribution >= 4 is 0 Å². The van der Waals surface area contributed by atoms with Crippen molar-refractivity contribution in [2.75, 3.05) is 6.54 Å². The van der Waals surface area contributed by atoms with E-state index in [0.29, 0.717) is 6.04 Å². The molecule has 0 bridgehead atoms. The van der Waals surface area contributed by atoms with Gasteiger partial charge in [-0.3, -0.25) is 9.88 Å². The Kier molecular flexibility index (Phi) is 4.58. The van der Waals surface area contributed by atoms with E-state index in [0.717, 1.165) is 18.8 Å². The zero-order valence-electron chi connectivity index (χ0n) is 12.5. The van der Waals surface area contributed by atoms with Crippen molar-refractivity contribution < 1.29 is 0 Å². The van der Waals surface area contributed by atoms with Gasteiger partial charge in [0.05, 0.1) is 5.69 Å². The number of pyridine rings is 1. The number of likely N-dealkylation sites (N-methyl/N-ethyl adjacent to an activating group) is 1. The van der Waals surface area contributed by atoms with E-state index < -0.39 is 0 Å². The summed E-state index contributed by atoms with van der Waals surface area (Å²) in [6.07, 6.45) is 5.61. The molecule has 1 aromatic rings. The molecule has 0 spiro atoms. The maximum Gasteiger partial charge on any atom is 0.0544 e. The molecule has 1 heterocycles. The largest absolute Gasteiger partial charge is 0.326 e. The molecule has 2 rings (SSSR count). The third kappa shape index (κ3) is 3.34. The van der Waals surface area contributed by atoms with Crippen molar-refractivity contribution in [3.05, 3.63) is 30.1 Å². The molecule has 3 nitrogen and oxygen atoms in total. The molecule has 1 saturated carbocycles. The molecule has 1 aliphatic rings. The lowest BCUT2D eigenvalue weighted by molar-refractivity contribution is 0.0655. The summed E-state index contributed by atoms with van der Waals surface area (Å²) in [5.41, 5.74) is 7.91. The van der Waals surface area contributed by atoms with Crippen LogP contribution < -0.4 is 5.73 Å². The molecule has 0 aliphatic heterocycles. The normalized spacial score (nSPS) is 26.6. The zero-order chi connectivity index (χ0) is 13.9. The van der Waals surface area contributed by atoms with Crippen molar-refractivity contribution in [2.24, 2.45) is 11.1 Å². The first-order valence-corrected chi connectivity index (χ1v) is 7.44. The molecule has 1 fully saturated rings. The van der Waals surface area contributed by atoms with Crippen molar-refractivity contribution in [3.63, 3.8) is 0 Å². The van der Waals surface area contributed by atoms with Gasteiger partial charge in [0, 0.05) is 24.8 Å². The molecule has 0 aromatic carbocycles. The van der Waals surface area contributed by atoms with Gasteiger partial charge in [-0.05, 0) is 36.9 Å². The molecule has 2 atom stereocenters. The van der Waals surface area contributed by atoms with Gasteiger partial charge in [-0.25, -0.2) is 0 Å². The van der Waals surface area contributed by atoms with E-state index in [9.17, 15) is 0 Å². The van der Waals surface area contributed by atoms with Gasteiger partial charge in [-0.2, -0.15) is 0 Å². The molecule has 0 radical (unpaired) electrons. The van der Waals surface area contributed by atoms with Gasteiger partial charge >= 0.3 is 0 Å². The van der Waals surface area contributed by atoms with E-state index >= 15 is 0 Å². The lowest BCUT2D eigenvalue weighted by atomic mass is 9.71. The van der Waals surface area contributed by atoms with Crippen LogP contribution in [0.5, 0.6) is 0 Å². The van der Waals surface area contributed by atoms with Gasteiger partial charge < -0.3 is 5.73 Å². The van der Waals surface area contributed by atoms with Crippen LogP contribution in [0, 0.1) is 5.41 Å². The van der Waals surface area contributed by atoms with Crippen molar-refractivity contribution in [3.8, 4) is 0 Å². The predicted molar refractivity (Wildman–Crippen MR) is 79.7 cm³/mol. The molecule has 1 aromatic heterocycles. The first-order valence-electron chi connectivity index (χ1n) is 7.44. The molecule has 0 amide bonds. The van der Waals surface area contributed by atoms with E-state index in [2.05, 4.69) is 42.8 Å². The first kappa shape index (κ1) is 14.5. The molecule has 1 aliphatic carbocycles. The average Bonchev–Trinajstić information content (AvgIpc) is 2.41. The highest BCUT2D eigenvalue weighted by Gasteiger charge is 2.38. The Labute approximate surface area is 117 Å². The molecule has 19 heavy (non-hydrogen) atoms. The Bertz CT molecular complexity index is 388. The van der Waals surface area contributed by atoms with Crippen LogP contribution in [0.1, 0.15) is 45.7 Å². The summed E-state index contributed by atoms with van der Waals surface area (Å²) in [5, 5.41) is 0. The monoisotopic (exact) mass is 261 g/mol. The van der Waals surface area contributed by atoms with Crippen LogP contribution in [0.3, 0.4) is 0 Å². The zero-order valence-corrected chi connectivity index (χ0v) is 12.5. The van der Waals surface area contributed by atoms with Gasteiger partial charge in [0.25, 0.3) is 0 Å². The Morgan fingerprint density at radius 2 is 2.21 bits per heavy atom. The third-order valence-corrected chi connectivity index (χ3v) is 4.60. The lowest BCUT2D eigenvalue weighted by Gasteiger charge is -2.46. The summed E-state index contributed by atoms with van der Waals surface area (Å²) in [5.74, 6) is 0. The highest BCUT2D eigenvalue weighted by molar-refractivity contribution is 5.05. The summed E-state index contributed by atoms with van der Waals surface area (Å²) in [7, 11) is 0. The number of aromatic nitrogens is 1. The molecule has 3 heteroatoms. The summed E-state index contributed by atoms with van der Waals surface area (Å²) in [6, 6.07) is 6.86. The Hall–Kier alpha value is -0.930. The van der Waals surface area contributed by atoms with E-state index in [4.69, 9.17) is 5.73 Å². The second-order valence-electron chi connectivity index (χ2n) is 6.36. The van der Waals surface area contributed by atoms with Crippen LogP contribution >= 0.6 is 0 Å². The fourth-order valence-corrected chi connectivity index (χ4v) is 3.21. The lowest BCUT2D eigenvalue weighted by Crippen LogP contribution is -2.56. The van der Waals surface area contributed by atoms with E-state index in [1.807, 2.05) is 12.3 Å². The SMILES string of the molecule is CCN(Cc1ccccn1)C1CCCC(C)(C)C1N. The van der Waals surface area contributed by atoms with E-state index in [-0.39, 0.29) is 11.5 Å². The fraction of sp³-hybridized carbons (Fsp3) is 0.688. The Balaban J connectivity index is 2.09. The third-order valence-electron chi connectivity index (χ3n) is 4.60. The standard InChI is InChI=1S/C16H27N3/c1-4-19(12-13-8-5-6-11-18-13)14-9-7-10-16(2,3)15(14)17/h5-6,8,11,14-15H,4,7,9-10,12,17H2,1-3H3. The number of nitrogens with two attached hydrogens (primary N) is 1. The van der Waals surface area contributed by atoms with Crippen LogP contribution in [-0.4, -0.2) is 28.5 Å². The highest BCUT2D eigenvalue weighted by Crippen LogP contribution is 2.36. The smallest absolute Gasteiger partial charge is 0.0544 e. The van der Waals surface area contributed by atoms with Gasteiger partial charge in [-0.1, -0.05) is 33.3 Å². The summed E-state index contributed by atoms with van der Waals surface area (Å²) in [4.78, 5) is 6.93. The maximum absolute atomic E-state index is 6.52. The van der Waals surface area contributed by atoms with Crippen LogP contribution in [0.4, 0.5) is 0 Å². The number of rotatable bonds is 4. The molecule has 2 unspecified atom stereocenters. The molecule has 106 valence electrons. The molecular formula is C16H27N3. The van der Waals surface area contributed by atoms with Gasteiger partial charge in [0.2, 0.25) is 0 Å². The minimum Gasteiger partial charge on any atom is -0.326 e. The van der Waals surface area contributed by atoms with Gasteiger partial charge in [0.1, 0.15) is 0 Å².